The van der Waals surface area contributed by atoms with Crippen LogP contribution in [0.3, 0.4) is 0 Å². The number of amides is 1. The van der Waals surface area contributed by atoms with Gasteiger partial charge in [-0.2, -0.15) is 18.2 Å². The molecule has 0 aliphatic rings. The number of halogens is 3. The molecule has 1 atom stereocenters. The molecular weight excluding hydrogens is 363 g/mol. The van der Waals surface area contributed by atoms with Crippen LogP contribution in [0.5, 0.6) is 0 Å². The van der Waals surface area contributed by atoms with Gasteiger partial charge in [-0.3, -0.25) is 4.79 Å². The molecule has 2 rings (SSSR count). The van der Waals surface area contributed by atoms with Crippen LogP contribution in [-0.2, 0) is 16.0 Å². The summed E-state index contributed by atoms with van der Waals surface area (Å²) in [5.74, 6) is -2.61. The van der Waals surface area contributed by atoms with Gasteiger partial charge in [0, 0.05) is 23.4 Å². The van der Waals surface area contributed by atoms with E-state index in [9.17, 15) is 26.4 Å². The van der Waals surface area contributed by atoms with Crippen molar-refractivity contribution in [3.8, 4) is 11.4 Å². The molecule has 0 saturated heterocycles. The number of nitrogens with zero attached hydrogens (tertiary/aromatic N) is 2. The Labute approximate surface area is 141 Å². The van der Waals surface area contributed by atoms with Gasteiger partial charge in [0.25, 0.3) is 5.91 Å². The Morgan fingerprint density at radius 1 is 1.36 bits per heavy atom. The molecule has 0 radical (unpaired) electrons. The summed E-state index contributed by atoms with van der Waals surface area (Å²) in [5, 5.41) is 5.74. The molecule has 1 unspecified atom stereocenters. The Hall–Kier alpha value is -2.43. The molecule has 0 saturated carbocycles. The van der Waals surface area contributed by atoms with Crippen molar-refractivity contribution < 1.29 is 30.9 Å². The average molecular weight is 377 g/mol. The lowest BCUT2D eigenvalue weighted by molar-refractivity contribution is -0.159. The monoisotopic (exact) mass is 377 g/mol. The first-order valence-corrected chi connectivity index (χ1v) is 9.02. The highest BCUT2D eigenvalue weighted by molar-refractivity contribution is 7.90. The molecule has 0 spiro atoms. The average Bonchev–Trinajstić information content (AvgIpc) is 2.95. The van der Waals surface area contributed by atoms with Crippen molar-refractivity contribution in [1.29, 1.82) is 0 Å². The second-order valence-corrected chi connectivity index (χ2v) is 7.65. The fourth-order valence-corrected chi connectivity index (χ4v) is 3.05. The number of nitrogens with one attached hydrogen (secondary N) is 1. The van der Waals surface area contributed by atoms with Gasteiger partial charge in [0.05, 0.1) is 5.75 Å². The predicted octanol–water partition coefficient (Wildman–Crippen LogP) is 1.92. The van der Waals surface area contributed by atoms with Crippen molar-refractivity contribution in [1.82, 2.24) is 15.5 Å². The molecule has 25 heavy (non-hydrogen) atoms. The van der Waals surface area contributed by atoms with Gasteiger partial charge < -0.3 is 9.84 Å². The number of alkyl halides is 3. The summed E-state index contributed by atoms with van der Waals surface area (Å²) in [4.78, 5) is 15.4. The highest BCUT2D eigenvalue weighted by atomic mass is 32.2. The molecule has 0 bridgehead atoms. The number of carbonyl (C=O) groups is 1. The van der Waals surface area contributed by atoms with Gasteiger partial charge in [-0.25, -0.2) is 8.42 Å². The smallest absolute Gasteiger partial charge is 0.349 e. The Morgan fingerprint density at radius 3 is 2.60 bits per heavy atom. The van der Waals surface area contributed by atoms with Crippen LogP contribution in [0.1, 0.15) is 23.2 Å². The minimum absolute atomic E-state index is 0.121. The summed E-state index contributed by atoms with van der Waals surface area (Å²) in [6.07, 6.45) is -3.72. The van der Waals surface area contributed by atoms with E-state index in [1.807, 2.05) is 0 Å². The zero-order valence-electron chi connectivity index (χ0n) is 13.2. The van der Waals surface area contributed by atoms with Crippen LogP contribution in [-0.4, -0.2) is 42.5 Å². The molecule has 0 aliphatic heterocycles. The van der Waals surface area contributed by atoms with Crippen LogP contribution < -0.4 is 5.32 Å². The Morgan fingerprint density at radius 2 is 2.04 bits per heavy atom. The minimum atomic E-state index is -4.76. The van der Waals surface area contributed by atoms with Crippen molar-refractivity contribution in [3.05, 3.63) is 35.7 Å². The summed E-state index contributed by atoms with van der Waals surface area (Å²) in [7, 11) is -3.27. The molecule has 1 N–H and O–H groups in total. The van der Waals surface area contributed by atoms with Crippen LogP contribution >= 0.6 is 0 Å². The first-order chi connectivity index (χ1) is 11.5. The third-order valence-corrected chi connectivity index (χ3v) is 4.09. The molecule has 0 fully saturated rings. The van der Waals surface area contributed by atoms with Crippen molar-refractivity contribution in [2.75, 3.05) is 12.0 Å². The molecular formula is C14H14F3N3O4S. The Kier molecular flexibility index (Phi) is 5.16. The van der Waals surface area contributed by atoms with E-state index in [0.717, 1.165) is 6.26 Å². The van der Waals surface area contributed by atoms with Gasteiger partial charge in [-0.05, 0) is 19.1 Å². The van der Waals surface area contributed by atoms with Gasteiger partial charge in [0.1, 0.15) is 9.84 Å². The lowest BCUT2D eigenvalue weighted by atomic mass is 10.1. The number of carbonyl (C=O) groups excluding carboxylic acids is 1. The number of hydrogen-bond acceptors (Lipinski definition) is 6. The fraction of sp³-hybridized carbons (Fsp3) is 0.357. The molecule has 1 aromatic heterocycles. The molecule has 11 heteroatoms. The lowest BCUT2D eigenvalue weighted by Crippen LogP contribution is -2.37. The molecule has 2 aromatic rings. The van der Waals surface area contributed by atoms with Crippen molar-refractivity contribution in [3.63, 3.8) is 0 Å². The molecule has 1 amide bonds. The Balaban J connectivity index is 2.18. The van der Waals surface area contributed by atoms with Crippen LogP contribution in [0, 0.1) is 0 Å². The maximum absolute atomic E-state index is 12.5. The molecule has 0 aliphatic carbocycles. The second-order valence-electron chi connectivity index (χ2n) is 5.47. The lowest BCUT2D eigenvalue weighted by Gasteiger charge is -2.13. The van der Waals surface area contributed by atoms with E-state index in [0.29, 0.717) is 0 Å². The standard InChI is InChI=1S/C14H14F3N3O4S/c1-8(7-25(2,22)23)18-12(21)10-5-3-4-9(6-10)11-19-13(24-20-11)14(15,16)17/h3-6,8H,7H2,1-2H3,(H,18,21). The van der Waals surface area contributed by atoms with E-state index in [1.165, 1.54) is 31.2 Å². The van der Waals surface area contributed by atoms with Crippen LogP contribution in [0.4, 0.5) is 13.2 Å². The number of sulfone groups is 1. The zero-order chi connectivity index (χ0) is 18.8. The first kappa shape index (κ1) is 18.9. The van der Waals surface area contributed by atoms with E-state index >= 15 is 0 Å². The normalized spacial score (nSPS) is 13.5. The van der Waals surface area contributed by atoms with Gasteiger partial charge in [-0.15, -0.1) is 0 Å². The minimum Gasteiger partial charge on any atom is -0.349 e. The quantitative estimate of drug-likeness (QED) is 0.854. The van der Waals surface area contributed by atoms with E-state index in [-0.39, 0.29) is 22.7 Å². The summed E-state index contributed by atoms with van der Waals surface area (Å²) >= 11 is 0. The Bertz CT molecular complexity index is 877. The number of hydrogen-bond donors (Lipinski definition) is 1. The SMILES string of the molecule is CC(CS(C)(=O)=O)NC(=O)c1cccc(-c2noc(C(F)(F)F)n2)c1. The van der Waals surface area contributed by atoms with Gasteiger partial charge >= 0.3 is 12.1 Å². The van der Waals surface area contributed by atoms with Gasteiger partial charge in [-0.1, -0.05) is 17.3 Å². The molecule has 136 valence electrons. The molecule has 1 heterocycles. The van der Waals surface area contributed by atoms with Crippen molar-refractivity contribution in [2.45, 2.75) is 19.1 Å². The van der Waals surface area contributed by atoms with E-state index < -0.39 is 33.9 Å². The van der Waals surface area contributed by atoms with E-state index in [2.05, 4.69) is 20.0 Å². The summed E-state index contributed by atoms with van der Waals surface area (Å²) in [6, 6.07) is 4.94. The predicted molar refractivity (Wildman–Crippen MR) is 81.4 cm³/mol. The highest BCUT2D eigenvalue weighted by Gasteiger charge is 2.38. The van der Waals surface area contributed by atoms with Gasteiger partial charge in [0.15, 0.2) is 0 Å². The first-order valence-electron chi connectivity index (χ1n) is 6.95. The molecule has 1 aromatic carbocycles. The van der Waals surface area contributed by atoms with E-state index in [1.54, 1.807) is 0 Å². The molecule has 7 nitrogen and oxygen atoms in total. The number of aromatic nitrogens is 2. The largest absolute Gasteiger partial charge is 0.471 e. The zero-order valence-corrected chi connectivity index (χ0v) is 14.0. The van der Waals surface area contributed by atoms with Gasteiger partial charge in [0.2, 0.25) is 5.82 Å². The summed E-state index contributed by atoms with van der Waals surface area (Å²) in [6.45, 7) is 1.53. The maximum atomic E-state index is 12.5. The second kappa shape index (κ2) is 6.82. The fourth-order valence-electron chi connectivity index (χ4n) is 2.06. The van der Waals surface area contributed by atoms with Crippen molar-refractivity contribution >= 4 is 15.7 Å². The maximum Gasteiger partial charge on any atom is 0.471 e. The highest BCUT2D eigenvalue weighted by Crippen LogP contribution is 2.29. The third kappa shape index (κ3) is 5.28. The number of rotatable bonds is 5. The topological polar surface area (TPSA) is 102 Å². The van der Waals surface area contributed by atoms with Crippen molar-refractivity contribution in [2.24, 2.45) is 0 Å². The number of benzene rings is 1. The summed E-state index contributed by atoms with van der Waals surface area (Å²) in [5.41, 5.74) is 0.277. The summed E-state index contributed by atoms with van der Waals surface area (Å²) < 4.78 is 64.1. The van der Waals surface area contributed by atoms with E-state index in [4.69, 9.17) is 0 Å². The van der Waals surface area contributed by atoms with Crippen LogP contribution in [0.2, 0.25) is 0 Å². The van der Waals surface area contributed by atoms with Crippen LogP contribution in [0.15, 0.2) is 28.8 Å². The van der Waals surface area contributed by atoms with Crippen LogP contribution in [0.25, 0.3) is 11.4 Å². The third-order valence-electron chi connectivity index (χ3n) is 2.98.